The lowest BCUT2D eigenvalue weighted by atomic mass is 9.80. The molecule has 1 aromatic rings. The molecule has 1 aliphatic carbocycles. The Labute approximate surface area is 99.0 Å². The van der Waals surface area contributed by atoms with Crippen molar-refractivity contribution in [1.29, 1.82) is 0 Å². The second kappa shape index (κ2) is 4.58. The predicted octanol–water partition coefficient (Wildman–Crippen LogP) is 3.81. The molecule has 1 fully saturated rings. The van der Waals surface area contributed by atoms with Gasteiger partial charge in [-0.3, -0.25) is 0 Å². The van der Waals surface area contributed by atoms with Crippen molar-refractivity contribution < 1.29 is 0 Å². The maximum atomic E-state index is 6.65. The minimum atomic E-state index is -0.0629. The van der Waals surface area contributed by atoms with Gasteiger partial charge in [0.15, 0.2) is 0 Å². The molecule has 0 aliphatic heterocycles. The Morgan fingerprint density at radius 3 is 2.25 bits per heavy atom. The molecule has 0 amide bonds. The minimum absolute atomic E-state index is 0.0629. The van der Waals surface area contributed by atoms with Crippen LogP contribution in [0.2, 0.25) is 0 Å². The highest BCUT2D eigenvalue weighted by Crippen LogP contribution is 2.35. The molecular formula is C15H23N. The molecule has 88 valence electrons. The van der Waals surface area contributed by atoms with Crippen LogP contribution in [-0.4, -0.2) is 0 Å². The summed E-state index contributed by atoms with van der Waals surface area (Å²) in [7, 11) is 0. The van der Waals surface area contributed by atoms with Gasteiger partial charge in [-0.2, -0.15) is 0 Å². The van der Waals surface area contributed by atoms with E-state index in [9.17, 15) is 0 Å². The molecule has 0 unspecified atom stereocenters. The van der Waals surface area contributed by atoms with Crippen molar-refractivity contribution in [2.24, 2.45) is 5.73 Å². The van der Waals surface area contributed by atoms with Gasteiger partial charge in [-0.15, -0.1) is 0 Å². The molecule has 16 heavy (non-hydrogen) atoms. The third kappa shape index (κ3) is 2.15. The second-order valence-corrected chi connectivity index (χ2v) is 5.32. The summed E-state index contributed by atoms with van der Waals surface area (Å²) in [5.41, 5.74) is 10.7. The molecule has 0 radical (unpaired) electrons. The Kier molecular flexibility index (Phi) is 3.34. The molecule has 1 aliphatic rings. The number of nitrogens with two attached hydrogens (primary N) is 1. The summed E-state index contributed by atoms with van der Waals surface area (Å²) >= 11 is 0. The van der Waals surface area contributed by atoms with E-state index in [1.165, 1.54) is 42.4 Å². The summed E-state index contributed by atoms with van der Waals surface area (Å²) in [6, 6.07) is 6.56. The predicted molar refractivity (Wildman–Crippen MR) is 69.5 cm³/mol. The number of hydrogen-bond acceptors (Lipinski definition) is 1. The van der Waals surface area contributed by atoms with E-state index in [4.69, 9.17) is 5.73 Å². The van der Waals surface area contributed by atoms with Crippen LogP contribution in [0, 0.1) is 13.8 Å². The smallest absolute Gasteiger partial charge is 0.0412 e. The lowest BCUT2D eigenvalue weighted by molar-refractivity contribution is 0.383. The standard InChI is InChI=1S/C15H23N/c1-12-8-7-9-14(13(12)2)15(16)10-5-3-4-6-11-15/h7-9H,3-6,10-11,16H2,1-2H3. The number of rotatable bonds is 1. The molecule has 1 heteroatoms. The number of aryl methyl sites for hydroxylation is 1. The average Bonchev–Trinajstić information content (AvgIpc) is 2.48. The van der Waals surface area contributed by atoms with E-state index in [2.05, 4.69) is 32.0 Å². The molecule has 0 aromatic heterocycles. The zero-order valence-corrected chi connectivity index (χ0v) is 10.6. The Bertz CT molecular complexity index is 360. The SMILES string of the molecule is Cc1cccc(C2(N)CCCCCC2)c1C. The first-order chi connectivity index (χ1) is 7.63. The Morgan fingerprint density at radius 1 is 1.00 bits per heavy atom. The van der Waals surface area contributed by atoms with Gasteiger partial charge in [0.05, 0.1) is 0 Å². The van der Waals surface area contributed by atoms with Crippen LogP contribution in [0.5, 0.6) is 0 Å². The normalized spacial score (nSPS) is 20.4. The van der Waals surface area contributed by atoms with Crippen LogP contribution >= 0.6 is 0 Å². The van der Waals surface area contributed by atoms with Gasteiger partial charge >= 0.3 is 0 Å². The first-order valence-electron chi connectivity index (χ1n) is 6.49. The number of benzene rings is 1. The van der Waals surface area contributed by atoms with Gasteiger partial charge < -0.3 is 5.73 Å². The van der Waals surface area contributed by atoms with E-state index in [1.54, 1.807) is 0 Å². The second-order valence-electron chi connectivity index (χ2n) is 5.32. The molecule has 0 bridgehead atoms. The highest BCUT2D eigenvalue weighted by molar-refractivity contribution is 5.38. The first-order valence-corrected chi connectivity index (χ1v) is 6.49. The Balaban J connectivity index is 2.37. The van der Waals surface area contributed by atoms with Crippen molar-refractivity contribution in [1.82, 2.24) is 0 Å². The zero-order chi connectivity index (χ0) is 11.6. The summed E-state index contributed by atoms with van der Waals surface area (Å²) in [6.07, 6.45) is 7.57. The van der Waals surface area contributed by atoms with Crippen molar-refractivity contribution in [2.75, 3.05) is 0 Å². The van der Waals surface area contributed by atoms with Crippen LogP contribution in [0.4, 0.5) is 0 Å². The Hall–Kier alpha value is -0.820. The fourth-order valence-corrected chi connectivity index (χ4v) is 2.92. The van der Waals surface area contributed by atoms with Crippen LogP contribution in [0.25, 0.3) is 0 Å². The fourth-order valence-electron chi connectivity index (χ4n) is 2.92. The van der Waals surface area contributed by atoms with Gasteiger partial charge in [0.25, 0.3) is 0 Å². The van der Waals surface area contributed by atoms with Crippen molar-refractivity contribution >= 4 is 0 Å². The van der Waals surface area contributed by atoms with Crippen LogP contribution in [-0.2, 0) is 5.54 Å². The maximum Gasteiger partial charge on any atom is 0.0412 e. The van der Waals surface area contributed by atoms with Gasteiger partial charge in [-0.25, -0.2) is 0 Å². The topological polar surface area (TPSA) is 26.0 Å². The van der Waals surface area contributed by atoms with E-state index >= 15 is 0 Å². The van der Waals surface area contributed by atoms with Crippen LogP contribution in [0.1, 0.15) is 55.2 Å². The van der Waals surface area contributed by atoms with Crippen LogP contribution in [0.15, 0.2) is 18.2 Å². The molecule has 1 aromatic carbocycles. The quantitative estimate of drug-likeness (QED) is 0.711. The molecule has 1 saturated carbocycles. The monoisotopic (exact) mass is 217 g/mol. The summed E-state index contributed by atoms with van der Waals surface area (Å²) in [5.74, 6) is 0. The van der Waals surface area contributed by atoms with Gasteiger partial charge in [0.1, 0.15) is 0 Å². The van der Waals surface area contributed by atoms with Crippen molar-refractivity contribution in [3.8, 4) is 0 Å². The Morgan fingerprint density at radius 2 is 1.62 bits per heavy atom. The van der Waals surface area contributed by atoms with E-state index in [0.29, 0.717) is 0 Å². The molecule has 0 saturated heterocycles. The average molecular weight is 217 g/mol. The van der Waals surface area contributed by atoms with E-state index in [0.717, 1.165) is 12.8 Å². The lowest BCUT2D eigenvalue weighted by Gasteiger charge is -2.31. The van der Waals surface area contributed by atoms with E-state index in [1.807, 2.05) is 0 Å². The molecule has 2 N–H and O–H groups in total. The van der Waals surface area contributed by atoms with E-state index < -0.39 is 0 Å². The zero-order valence-electron chi connectivity index (χ0n) is 10.6. The minimum Gasteiger partial charge on any atom is -0.321 e. The fraction of sp³-hybridized carbons (Fsp3) is 0.600. The van der Waals surface area contributed by atoms with Crippen molar-refractivity contribution in [3.05, 3.63) is 34.9 Å². The molecule has 2 rings (SSSR count). The van der Waals surface area contributed by atoms with Crippen molar-refractivity contribution in [2.45, 2.75) is 57.9 Å². The maximum absolute atomic E-state index is 6.65. The third-order valence-electron chi connectivity index (χ3n) is 4.14. The first kappa shape index (κ1) is 11.7. The highest BCUT2D eigenvalue weighted by atomic mass is 14.7. The summed E-state index contributed by atoms with van der Waals surface area (Å²) < 4.78 is 0. The van der Waals surface area contributed by atoms with Crippen LogP contribution in [0.3, 0.4) is 0 Å². The van der Waals surface area contributed by atoms with Crippen molar-refractivity contribution in [3.63, 3.8) is 0 Å². The highest BCUT2D eigenvalue weighted by Gasteiger charge is 2.29. The van der Waals surface area contributed by atoms with E-state index in [-0.39, 0.29) is 5.54 Å². The molecule has 1 nitrogen and oxygen atoms in total. The third-order valence-corrected chi connectivity index (χ3v) is 4.14. The summed E-state index contributed by atoms with van der Waals surface area (Å²) in [6.45, 7) is 4.39. The molecule has 0 heterocycles. The van der Waals surface area contributed by atoms with Gasteiger partial charge in [-0.05, 0) is 43.4 Å². The summed E-state index contributed by atoms with van der Waals surface area (Å²) in [5, 5.41) is 0. The molecule has 0 atom stereocenters. The summed E-state index contributed by atoms with van der Waals surface area (Å²) in [4.78, 5) is 0. The molecular weight excluding hydrogens is 194 g/mol. The van der Waals surface area contributed by atoms with Gasteiger partial charge in [0, 0.05) is 5.54 Å². The number of hydrogen-bond donors (Lipinski definition) is 1. The van der Waals surface area contributed by atoms with Gasteiger partial charge in [-0.1, -0.05) is 43.9 Å². The van der Waals surface area contributed by atoms with Gasteiger partial charge in [0.2, 0.25) is 0 Å². The molecule has 0 spiro atoms. The van der Waals surface area contributed by atoms with Crippen LogP contribution < -0.4 is 5.73 Å². The largest absolute Gasteiger partial charge is 0.321 e. The lowest BCUT2D eigenvalue weighted by Crippen LogP contribution is -2.36.